The minimum absolute atomic E-state index is 0.788. The summed E-state index contributed by atoms with van der Waals surface area (Å²) in [6, 6.07) is 8.07. The average molecular weight is 246 g/mol. The second-order valence-corrected chi connectivity index (χ2v) is 4.97. The van der Waals surface area contributed by atoms with E-state index in [0.29, 0.717) is 0 Å². The Kier molecular flexibility index (Phi) is 4.15. The Hall–Kier alpha value is -1.35. The maximum absolute atomic E-state index is 5.61. The molecule has 3 heteroatoms. The fraction of sp³-hybridized carbons (Fsp3) is 0.286. The molecule has 0 unspecified atom stereocenters. The van der Waals surface area contributed by atoms with E-state index in [-0.39, 0.29) is 0 Å². The Bertz CT molecular complexity index is 461. The average Bonchev–Trinajstić information content (AvgIpc) is 2.77. The molecule has 2 rings (SSSR count). The molecule has 2 aromatic rings. The number of hydrogen-bond donors (Lipinski definition) is 0. The van der Waals surface area contributed by atoms with Crippen molar-refractivity contribution in [2.45, 2.75) is 19.8 Å². The summed E-state index contributed by atoms with van der Waals surface area (Å²) in [6.07, 6.45) is 4.05. The third-order valence-electron chi connectivity index (χ3n) is 2.42. The lowest BCUT2D eigenvalue weighted by Gasteiger charge is -2.05. The molecule has 0 aliphatic carbocycles. The third-order valence-corrected chi connectivity index (χ3v) is 3.32. The molecule has 1 radical (unpaired) electrons. The molecule has 0 bridgehead atoms. The highest BCUT2D eigenvalue weighted by molar-refractivity contribution is 7.15. The van der Waals surface area contributed by atoms with Gasteiger partial charge in [-0.05, 0) is 37.6 Å². The smallest absolute Gasteiger partial charge is 0.123 e. The highest BCUT2D eigenvalue weighted by Crippen LogP contribution is 2.26. The van der Waals surface area contributed by atoms with Crippen LogP contribution >= 0.6 is 11.3 Å². The van der Waals surface area contributed by atoms with E-state index in [1.54, 1.807) is 17.5 Å². The minimum atomic E-state index is 0.788. The molecule has 0 spiro atoms. The molecule has 2 nitrogen and oxygen atoms in total. The predicted molar refractivity (Wildman–Crippen MR) is 72.4 cm³/mol. The van der Waals surface area contributed by atoms with Gasteiger partial charge in [0, 0.05) is 16.6 Å². The predicted octanol–water partition coefficient (Wildman–Crippen LogP) is 4.17. The van der Waals surface area contributed by atoms with E-state index in [1.165, 1.54) is 0 Å². The summed E-state index contributed by atoms with van der Waals surface area (Å²) in [5, 5.41) is 1.01. The normalized spacial score (nSPS) is 10.5. The number of hydrogen-bond acceptors (Lipinski definition) is 3. The first-order valence-corrected chi connectivity index (χ1v) is 6.62. The van der Waals surface area contributed by atoms with Gasteiger partial charge in [0.1, 0.15) is 10.8 Å². The van der Waals surface area contributed by atoms with Crippen molar-refractivity contribution in [2.24, 2.45) is 0 Å². The van der Waals surface area contributed by atoms with E-state index in [2.05, 4.69) is 18.8 Å². The third kappa shape index (κ3) is 3.30. The Morgan fingerprint density at radius 2 is 2.06 bits per heavy atom. The second-order valence-electron chi connectivity index (χ2n) is 3.86. The summed E-state index contributed by atoms with van der Waals surface area (Å²) in [5.74, 6) is 0.925. The van der Waals surface area contributed by atoms with E-state index < -0.39 is 0 Å². The molecule has 1 aromatic carbocycles. The minimum Gasteiger partial charge on any atom is -0.494 e. The molecule has 0 saturated heterocycles. The van der Waals surface area contributed by atoms with Crippen LogP contribution in [0.3, 0.4) is 0 Å². The SMILES string of the molecule is [CH2]c1cnc(-c2ccc(OCCCC)cc2)s1. The maximum atomic E-state index is 5.61. The Balaban J connectivity index is 2.02. The summed E-state index contributed by atoms with van der Waals surface area (Å²) < 4.78 is 5.61. The molecule has 17 heavy (non-hydrogen) atoms. The topological polar surface area (TPSA) is 22.1 Å². The molecule has 1 aromatic heterocycles. The van der Waals surface area contributed by atoms with Gasteiger partial charge in [-0.2, -0.15) is 0 Å². The summed E-state index contributed by atoms with van der Waals surface area (Å²) in [7, 11) is 0. The number of benzene rings is 1. The van der Waals surface area contributed by atoms with E-state index in [9.17, 15) is 0 Å². The van der Waals surface area contributed by atoms with Crippen LogP contribution in [-0.4, -0.2) is 11.6 Å². The van der Waals surface area contributed by atoms with Gasteiger partial charge in [-0.25, -0.2) is 4.98 Å². The van der Waals surface area contributed by atoms with Crippen LogP contribution in [-0.2, 0) is 0 Å². The molecule has 0 aliphatic rings. The van der Waals surface area contributed by atoms with Crippen molar-refractivity contribution in [3.63, 3.8) is 0 Å². The van der Waals surface area contributed by atoms with Crippen molar-refractivity contribution in [3.05, 3.63) is 42.3 Å². The summed E-state index contributed by atoms with van der Waals surface area (Å²) in [6.45, 7) is 6.81. The lowest BCUT2D eigenvalue weighted by molar-refractivity contribution is 0.309. The molecule has 0 N–H and O–H groups in total. The van der Waals surface area contributed by atoms with Gasteiger partial charge in [0.05, 0.1) is 6.61 Å². The number of rotatable bonds is 5. The maximum Gasteiger partial charge on any atom is 0.123 e. The zero-order chi connectivity index (χ0) is 12.1. The van der Waals surface area contributed by atoms with Crippen molar-refractivity contribution >= 4 is 11.3 Å². The summed E-state index contributed by atoms with van der Waals surface area (Å²) in [4.78, 5) is 5.30. The number of nitrogens with zero attached hydrogens (tertiary/aromatic N) is 1. The molecule has 1 heterocycles. The van der Waals surface area contributed by atoms with Crippen LogP contribution in [0, 0.1) is 6.92 Å². The lowest BCUT2D eigenvalue weighted by atomic mass is 10.2. The van der Waals surface area contributed by atoms with Gasteiger partial charge >= 0.3 is 0 Å². The van der Waals surface area contributed by atoms with Crippen molar-refractivity contribution in [2.75, 3.05) is 6.61 Å². The van der Waals surface area contributed by atoms with Crippen molar-refractivity contribution in [1.82, 2.24) is 4.98 Å². The second kappa shape index (κ2) is 5.82. The first-order chi connectivity index (χ1) is 8.29. The van der Waals surface area contributed by atoms with E-state index in [0.717, 1.165) is 40.6 Å². The standard InChI is InChI=1S/C14H16NOS/c1-3-4-9-16-13-7-5-12(6-8-13)14-15-10-11(2)17-14/h5-8,10H,2-4,9H2,1H3. The van der Waals surface area contributed by atoms with Crippen LogP contribution in [0.25, 0.3) is 10.6 Å². The first-order valence-electron chi connectivity index (χ1n) is 5.80. The molecular formula is C14H16NOS. The fourth-order valence-electron chi connectivity index (χ4n) is 1.47. The molecule has 0 fully saturated rings. The molecule has 0 aliphatic heterocycles. The number of unbranched alkanes of at least 4 members (excludes halogenated alkanes) is 1. The van der Waals surface area contributed by atoms with Gasteiger partial charge in [-0.3, -0.25) is 0 Å². The molecular weight excluding hydrogens is 230 g/mol. The Morgan fingerprint density at radius 1 is 1.29 bits per heavy atom. The number of aromatic nitrogens is 1. The van der Waals surface area contributed by atoms with Gasteiger partial charge in [0.2, 0.25) is 0 Å². The van der Waals surface area contributed by atoms with Crippen molar-refractivity contribution in [1.29, 1.82) is 0 Å². The molecule has 0 saturated carbocycles. The van der Waals surface area contributed by atoms with E-state index in [4.69, 9.17) is 4.74 Å². The van der Waals surface area contributed by atoms with E-state index >= 15 is 0 Å². The van der Waals surface area contributed by atoms with Crippen LogP contribution in [0.5, 0.6) is 5.75 Å². The van der Waals surface area contributed by atoms with Gasteiger partial charge in [-0.1, -0.05) is 13.3 Å². The van der Waals surface area contributed by atoms with Gasteiger partial charge in [0.15, 0.2) is 0 Å². The first kappa shape index (κ1) is 12.1. The van der Waals surface area contributed by atoms with Crippen LogP contribution in [0.4, 0.5) is 0 Å². The fourth-order valence-corrected chi connectivity index (χ4v) is 2.18. The van der Waals surface area contributed by atoms with Gasteiger partial charge < -0.3 is 4.74 Å². The highest BCUT2D eigenvalue weighted by Gasteiger charge is 2.02. The van der Waals surface area contributed by atoms with Crippen molar-refractivity contribution in [3.8, 4) is 16.3 Å². The lowest BCUT2D eigenvalue weighted by Crippen LogP contribution is -1.95. The molecule has 0 amide bonds. The van der Waals surface area contributed by atoms with E-state index in [1.807, 2.05) is 24.3 Å². The van der Waals surface area contributed by atoms with Crippen LogP contribution in [0.2, 0.25) is 0 Å². The van der Waals surface area contributed by atoms with Crippen LogP contribution < -0.4 is 4.74 Å². The summed E-state index contributed by atoms with van der Waals surface area (Å²) in [5.41, 5.74) is 1.12. The molecule has 0 atom stereocenters. The van der Waals surface area contributed by atoms with Gasteiger partial charge in [-0.15, -0.1) is 11.3 Å². The quantitative estimate of drug-likeness (QED) is 0.739. The zero-order valence-corrected chi connectivity index (χ0v) is 10.8. The Labute approximate surface area is 106 Å². The number of ether oxygens (including phenoxy) is 1. The van der Waals surface area contributed by atoms with Crippen LogP contribution in [0.15, 0.2) is 30.5 Å². The van der Waals surface area contributed by atoms with Crippen molar-refractivity contribution < 1.29 is 4.74 Å². The molecule has 89 valence electrons. The zero-order valence-electron chi connectivity index (χ0n) is 9.98. The Morgan fingerprint density at radius 3 is 2.65 bits per heavy atom. The van der Waals surface area contributed by atoms with Crippen LogP contribution in [0.1, 0.15) is 24.6 Å². The largest absolute Gasteiger partial charge is 0.494 e. The number of thiazole rings is 1. The monoisotopic (exact) mass is 246 g/mol. The van der Waals surface area contributed by atoms with Gasteiger partial charge in [0.25, 0.3) is 0 Å². The highest BCUT2D eigenvalue weighted by atomic mass is 32.1. The summed E-state index contributed by atoms with van der Waals surface area (Å²) >= 11 is 1.61.